The van der Waals surface area contributed by atoms with Gasteiger partial charge in [-0.05, 0) is 32.2 Å². The predicted molar refractivity (Wildman–Crippen MR) is 73.1 cm³/mol. The van der Waals surface area contributed by atoms with Crippen molar-refractivity contribution < 1.29 is 9.53 Å². The van der Waals surface area contributed by atoms with Crippen LogP contribution in [0.25, 0.3) is 5.52 Å². The predicted octanol–water partition coefficient (Wildman–Crippen LogP) is 2.63. The van der Waals surface area contributed by atoms with Crippen molar-refractivity contribution in [2.45, 2.75) is 18.6 Å². The molecule has 0 aliphatic carbocycles. The van der Waals surface area contributed by atoms with Crippen LogP contribution in [0.4, 0.5) is 0 Å². The first kappa shape index (κ1) is 13.0. The molecule has 96 valence electrons. The minimum absolute atomic E-state index is 0.0592. The maximum absolute atomic E-state index is 11.9. The summed E-state index contributed by atoms with van der Waals surface area (Å²) in [6, 6.07) is 3.52. The summed E-state index contributed by atoms with van der Waals surface area (Å²) in [5.41, 5.74) is 1.44. The van der Waals surface area contributed by atoms with E-state index in [1.807, 2.05) is 24.5 Å². The number of imidazole rings is 1. The van der Waals surface area contributed by atoms with Crippen molar-refractivity contribution >= 4 is 23.2 Å². The molecule has 0 atom stereocenters. The topological polar surface area (TPSA) is 43.6 Å². The second-order valence-electron chi connectivity index (χ2n) is 4.68. The number of hydrogen-bond donors (Lipinski definition) is 0. The zero-order valence-corrected chi connectivity index (χ0v) is 11.5. The number of pyridine rings is 1. The van der Waals surface area contributed by atoms with Crippen LogP contribution in [0.2, 0.25) is 0 Å². The van der Waals surface area contributed by atoms with Gasteiger partial charge in [0.2, 0.25) is 0 Å². The maximum Gasteiger partial charge on any atom is 0.338 e. The van der Waals surface area contributed by atoms with Gasteiger partial charge in [0.15, 0.2) is 0 Å². The molecule has 0 aliphatic heterocycles. The molecule has 5 heteroatoms. The fraction of sp³-hybridized carbons (Fsp3) is 0.385. The lowest BCUT2D eigenvalue weighted by Crippen LogP contribution is -2.24. The van der Waals surface area contributed by atoms with E-state index in [4.69, 9.17) is 4.74 Å². The zero-order valence-electron chi connectivity index (χ0n) is 10.7. The second-order valence-corrected chi connectivity index (χ2v) is 6.19. The number of carbonyl (C=O) groups excluding carboxylic acids is 1. The molecule has 0 amide bonds. The van der Waals surface area contributed by atoms with Crippen LogP contribution in [-0.2, 0) is 4.74 Å². The highest BCUT2D eigenvalue weighted by atomic mass is 32.2. The van der Waals surface area contributed by atoms with Crippen molar-refractivity contribution in [1.29, 1.82) is 0 Å². The summed E-state index contributed by atoms with van der Waals surface area (Å²) < 4.78 is 7.11. The van der Waals surface area contributed by atoms with Crippen molar-refractivity contribution in [1.82, 2.24) is 9.38 Å². The number of nitrogens with zero attached hydrogens (tertiary/aromatic N) is 2. The van der Waals surface area contributed by atoms with Gasteiger partial charge in [-0.2, -0.15) is 11.8 Å². The summed E-state index contributed by atoms with van der Waals surface area (Å²) in [5, 5.41) is 0. The molecule has 2 heterocycles. The van der Waals surface area contributed by atoms with Crippen molar-refractivity contribution in [3.8, 4) is 0 Å². The second kappa shape index (κ2) is 5.02. The third-order valence-electron chi connectivity index (χ3n) is 2.75. The molecular formula is C13H16N2O2S. The molecule has 0 aliphatic rings. The number of ether oxygens (including phenoxy) is 1. The average molecular weight is 264 g/mol. The van der Waals surface area contributed by atoms with E-state index in [1.54, 1.807) is 42.6 Å². The quantitative estimate of drug-likeness (QED) is 0.796. The molecule has 0 bridgehead atoms. The van der Waals surface area contributed by atoms with Gasteiger partial charge in [0.1, 0.15) is 6.61 Å². The Morgan fingerprint density at radius 1 is 1.56 bits per heavy atom. The first-order valence-corrected chi connectivity index (χ1v) is 6.88. The van der Waals surface area contributed by atoms with Gasteiger partial charge in [-0.3, -0.25) is 0 Å². The Kier molecular flexibility index (Phi) is 3.61. The van der Waals surface area contributed by atoms with E-state index in [9.17, 15) is 4.79 Å². The van der Waals surface area contributed by atoms with E-state index in [0.717, 1.165) is 5.52 Å². The fourth-order valence-electron chi connectivity index (χ4n) is 1.43. The molecule has 2 aromatic rings. The molecule has 2 aromatic heterocycles. The summed E-state index contributed by atoms with van der Waals surface area (Å²) in [4.78, 5) is 15.9. The molecule has 18 heavy (non-hydrogen) atoms. The van der Waals surface area contributed by atoms with Crippen LogP contribution in [0.1, 0.15) is 24.2 Å². The van der Waals surface area contributed by atoms with E-state index >= 15 is 0 Å². The number of aromatic nitrogens is 2. The SMILES string of the molecule is CSC(C)(C)COC(=O)c1ccn2cncc2c1. The molecule has 0 saturated carbocycles. The number of esters is 1. The van der Waals surface area contributed by atoms with Gasteiger partial charge in [-0.15, -0.1) is 0 Å². The molecule has 4 nitrogen and oxygen atoms in total. The summed E-state index contributed by atoms with van der Waals surface area (Å²) >= 11 is 1.68. The zero-order chi connectivity index (χ0) is 13.2. The van der Waals surface area contributed by atoms with Crippen molar-refractivity contribution in [2.75, 3.05) is 12.9 Å². The van der Waals surface area contributed by atoms with Crippen LogP contribution in [0.5, 0.6) is 0 Å². The monoisotopic (exact) mass is 264 g/mol. The van der Waals surface area contributed by atoms with Gasteiger partial charge in [0.25, 0.3) is 0 Å². The summed E-state index contributed by atoms with van der Waals surface area (Å²) in [5.74, 6) is -0.291. The highest BCUT2D eigenvalue weighted by molar-refractivity contribution is 7.99. The van der Waals surface area contributed by atoms with E-state index in [1.165, 1.54) is 0 Å². The largest absolute Gasteiger partial charge is 0.461 e. The molecule has 2 rings (SSSR count). The maximum atomic E-state index is 11.9. The van der Waals surface area contributed by atoms with Gasteiger partial charge in [0, 0.05) is 10.9 Å². The number of carbonyl (C=O) groups is 1. The molecule has 0 unspecified atom stereocenters. The highest BCUT2D eigenvalue weighted by Gasteiger charge is 2.19. The smallest absolute Gasteiger partial charge is 0.338 e. The lowest BCUT2D eigenvalue weighted by Gasteiger charge is -2.21. The van der Waals surface area contributed by atoms with E-state index < -0.39 is 0 Å². The molecule has 0 radical (unpaired) electrons. The van der Waals surface area contributed by atoms with E-state index in [0.29, 0.717) is 12.2 Å². The van der Waals surface area contributed by atoms with Gasteiger partial charge >= 0.3 is 5.97 Å². The lowest BCUT2D eigenvalue weighted by molar-refractivity contribution is 0.0478. The van der Waals surface area contributed by atoms with Gasteiger partial charge in [-0.1, -0.05) is 0 Å². The lowest BCUT2D eigenvalue weighted by atomic mass is 10.2. The molecular weight excluding hydrogens is 248 g/mol. The molecule has 0 N–H and O–H groups in total. The Hall–Kier alpha value is -1.49. The number of fused-ring (bicyclic) bond motifs is 1. The van der Waals surface area contributed by atoms with Gasteiger partial charge in [0.05, 0.1) is 23.6 Å². The van der Waals surface area contributed by atoms with Gasteiger partial charge in [-0.25, -0.2) is 9.78 Å². The Labute approximate surface area is 110 Å². The molecule has 0 aromatic carbocycles. The molecule has 0 spiro atoms. The van der Waals surface area contributed by atoms with Gasteiger partial charge < -0.3 is 9.14 Å². The third-order valence-corrected chi connectivity index (χ3v) is 3.98. The van der Waals surface area contributed by atoms with Crippen LogP contribution in [-0.4, -0.2) is 33.0 Å². The van der Waals surface area contributed by atoms with E-state index in [2.05, 4.69) is 4.98 Å². The van der Waals surface area contributed by atoms with Crippen LogP contribution < -0.4 is 0 Å². The normalized spacial score (nSPS) is 11.7. The fourth-order valence-corrected chi connectivity index (χ4v) is 1.60. The van der Waals surface area contributed by atoms with Crippen LogP contribution >= 0.6 is 11.8 Å². The Bertz CT molecular complexity index is 563. The highest BCUT2D eigenvalue weighted by Crippen LogP contribution is 2.21. The minimum atomic E-state index is -0.291. The van der Waals surface area contributed by atoms with E-state index in [-0.39, 0.29) is 10.7 Å². The summed E-state index contributed by atoms with van der Waals surface area (Å²) in [7, 11) is 0. The standard InChI is InChI=1S/C13H16N2O2S/c1-13(2,18-3)8-17-12(16)10-4-5-15-9-14-7-11(15)6-10/h4-7,9H,8H2,1-3H3. The Morgan fingerprint density at radius 3 is 3.06 bits per heavy atom. The first-order valence-electron chi connectivity index (χ1n) is 5.66. The van der Waals surface area contributed by atoms with Crippen molar-refractivity contribution in [3.05, 3.63) is 36.4 Å². The van der Waals surface area contributed by atoms with Crippen LogP contribution in [0.15, 0.2) is 30.9 Å². The molecule has 0 saturated heterocycles. The average Bonchev–Trinajstić information content (AvgIpc) is 2.83. The van der Waals surface area contributed by atoms with Crippen LogP contribution in [0, 0.1) is 0 Å². The summed E-state index contributed by atoms with van der Waals surface area (Å²) in [6.45, 7) is 4.49. The van der Waals surface area contributed by atoms with Crippen LogP contribution in [0.3, 0.4) is 0 Å². The Morgan fingerprint density at radius 2 is 2.33 bits per heavy atom. The van der Waals surface area contributed by atoms with Crippen molar-refractivity contribution in [3.63, 3.8) is 0 Å². The molecule has 0 fully saturated rings. The van der Waals surface area contributed by atoms with Crippen molar-refractivity contribution in [2.24, 2.45) is 0 Å². The Balaban J connectivity index is 2.08. The minimum Gasteiger partial charge on any atom is -0.461 e. The number of thioether (sulfide) groups is 1. The summed E-state index contributed by atoms with van der Waals surface area (Å²) in [6.07, 6.45) is 7.22. The number of rotatable bonds is 4. The third kappa shape index (κ3) is 2.85. The number of hydrogen-bond acceptors (Lipinski definition) is 4. The first-order chi connectivity index (χ1) is 8.52.